The molecule has 2 rings (SSSR count). The highest BCUT2D eigenvalue weighted by molar-refractivity contribution is 5.49. The fourth-order valence-electron chi connectivity index (χ4n) is 2.38. The van der Waals surface area contributed by atoms with E-state index in [1.54, 1.807) is 13.3 Å². The molecular weight excluding hydrogens is 200 g/mol. The molecule has 0 unspecified atom stereocenters. The van der Waals surface area contributed by atoms with Gasteiger partial charge in [0, 0.05) is 12.7 Å². The van der Waals surface area contributed by atoms with Gasteiger partial charge in [-0.15, -0.1) is 0 Å². The number of hydrogen-bond donors (Lipinski definition) is 1. The Morgan fingerprint density at radius 1 is 1.44 bits per heavy atom. The van der Waals surface area contributed by atoms with Crippen LogP contribution in [0.4, 0.5) is 5.82 Å². The maximum atomic E-state index is 5.24. The van der Waals surface area contributed by atoms with Crippen LogP contribution >= 0.6 is 0 Å². The van der Waals surface area contributed by atoms with Crippen molar-refractivity contribution in [2.24, 2.45) is 5.92 Å². The molecule has 1 aromatic heterocycles. The molecule has 0 aromatic carbocycles. The second-order valence-corrected chi connectivity index (χ2v) is 4.42. The molecule has 0 atom stereocenters. The minimum atomic E-state index is 0.828. The Morgan fingerprint density at radius 2 is 2.25 bits per heavy atom. The first-order valence-corrected chi connectivity index (χ1v) is 6.13. The van der Waals surface area contributed by atoms with Gasteiger partial charge in [0.1, 0.15) is 0 Å². The number of pyridine rings is 1. The van der Waals surface area contributed by atoms with Gasteiger partial charge in [0.15, 0.2) is 11.6 Å². The predicted molar refractivity (Wildman–Crippen MR) is 65.9 cm³/mol. The number of nitrogens with zero attached hydrogens (tertiary/aromatic N) is 1. The average molecular weight is 220 g/mol. The summed E-state index contributed by atoms with van der Waals surface area (Å²) < 4.78 is 5.24. The standard InChI is InChI=1S/C13H20N2O/c1-16-12-7-4-9-14-13(12)15-10-8-11-5-2-3-6-11/h4,7,9,11H,2-3,5-6,8,10H2,1H3,(H,14,15). The molecule has 16 heavy (non-hydrogen) atoms. The first-order valence-electron chi connectivity index (χ1n) is 6.13. The predicted octanol–water partition coefficient (Wildman–Crippen LogP) is 3.08. The lowest BCUT2D eigenvalue weighted by atomic mass is 10.0. The van der Waals surface area contributed by atoms with Crippen molar-refractivity contribution in [1.29, 1.82) is 0 Å². The van der Waals surface area contributed by atoms with Crippen LogP contribution < -0.4 is 10.1 Å². The third-order valence-corrected chi connectivity index (χ3v) is 3.31. The molecule has 1 saturated carbocycles. The molecule has 1 N–H and O–H groups in total. The number of hydrogen-bond acceptors (Lipinski definition) is 3. The summed E-state index contributed by atoms with van der Waals surface area (Å²) in [4.78, 5) is 4.28. The summed E-state index contributed by atoms with van der Waals surface area (Å²) in [7, 11) is 1.68. The van der Waals surface area contributed by atoms with E-state index in [1.807, 2.05) is 12.1 Å². The van der Waals surface area contributed by atoms with E-state index in [1.165, 1.54) is 32.1 Å². The number of rotatable bonds is 5. The normalized spacial score (nSPS) is 16.3. The van der Waals surface area contributed by atoms with Gasteiger partial charge in [-0.25, -0.2) is 4.98 Å². The second kappa shape index (κ2) is 5.73. The number of anilines is 1. The van der Waals surface area contributed by atoms with Gasteiger partial charge >= 0.3 is 0 Å². The number of nitrogens with one attached hydrogen (secondary N) is 1. The monoisotopic (exact) mass is 220 g/mol. The molecular formula is C13H20N2O. The number of ether oxygens (including phenoxy) is 1. The molecule has 3 nitrogen and oxygen atoms in total. The SMILES string of the molecule is COc1cccnc1NCCC1CCCC1. The van der Waals surface area contributed by atoms with Gasteiger partial charge in [0.25, 0.3) is 0 Å². The minimum Gasteiger partial charge on any atom is -0.493 e. The van der Waals surface area contributed by atoms with E-state index >= 15 is 0 Å². The first-order chi connectivity index (χ1) is 7.90. The molecule has 0 bridgehead atoms. The van der Waals surface area contributed by atoms with Crippen molar-refractivity contribution in [3.8, 4) is 5.75 Å². The molecule has 1 heterocycles. The number of aromatic nitrogens is 1. The molecule has 0 radical (unpaired) electrons. The van der Waals surface area contributed by atoms with Crippen molar-refractivity contribution in [2.45, 2.75) is 32.1 Å². The Morgan fingerprint density at radius 3 is 3.00 bits per heavy atom. The highest BCUT2D eigenvalue weighted by Crippen LogP contribution is 2.27. The summed E-state index contributed by atoms with van der Waals surface area (Å²) in [6.45, 7) is 0.998. The molecule has 0 aliphatic heterocycles. The van der Waals surface area contributed by atoms with Gasteiger partial charge in [0.05, 0.1) is 7.11 Å². The topological polar surface area (TPSA) is 34.1 Å². The zero-order chi connectivity index (χ0) is 11.2. The third-order valence-electron chi connectivity index (χ3n) is 3.31. The Bertz CT molecular complexity index is 321. The summed E-state index contributed by atoms with van der Waals surface area (Å²) in [5.74, 6) is 2.61. The Labute approximate surface area is 97.2 Å². The lowest BCUT2D eigenvalue weighted by Crippen LogP contribution is -2.08. The van der Waals surface area contributed by atoms with Crippen LogP contribution in [0.1, 0.15) is 32.1 Å². The van der Waals surface area contributed by atoms with E-state index in [0.717, 1.165) is 24.0 Å². The molecule has 1 aliphatic carbocycles. The largest absolute Gasteiger partial charge is 0.493 e. The van der Waals surface area contributed by atoms with E-state index in [-0.39, 0.29) is 0 Å². The summed E-state index contributed by atoms with van der Waals surface area (Å²) >= 11 is 0. The third kappa shape index (κ3) is 2.87. The van der Waals surface area contributed by atoms with Crippen LogP contribution in [0.3, 0.4) is 0 Å². The van der Waals surface area contributed by atoms with Gasteiger partial charge < -0.3 is 10.1 Å². The van der Waals surface area contributed by atoms with Crippen LogP contribution in [0, 0.1) is 5.92 Å². The molecule has 1 aromatic rings. The van der Waals surface area contributed by atoms with E-state index in [2.05, 4.69) is 10.3 Å². The van der Waals surface area contributed by atoms with Crippen LogP contribution in [0.2, 0.25) is 0 Å². The summed E-state index contributed by atoms with van der Waals surface area (Å²) in [5, 5.41) is 3.35. The van der Waals surface area contributed by atoms with Gasteiger partial charge in [0.2, 0.25) is 0 Å². The van der Waals surface area contributed by atoms with Gasteiger partial charge in [-0.1, -0.05) is 25.7 Å². The summed E-state index contributed by atoms with van der Waals surface area (Å²) in [5.41, 5.74) is 0. The maximum absolute atomic E-state index is 5.24. The molecule has 0 spiro atoms. The lowest BCUT2D eigenvalue weighted by molar-refractivity contribution is 0.414. The second-order valence-electron chi connectivity index (χ2n) is 4.42. The fraction of sp³-hybridized carbons (Fsp3) is 0.615. The van der Waals surface area contributed by atoms with Crippen LogP contribution in [-0.2, 0) is 0 Å². The average Bonchev–Trinajstić information content (AvgIpc) is 2.83. The van der Waals surface area contributed by atoms with E-state index in [4.69, 9.17) is 4.74 Å². The highest BCUT2D eigenvalue weighted by atomic mass is 16.5. The maximum Gasteiger partial charge on any atom is 0.168 e. The van der Waals surface area contributed by atoms with Crippen molar-refractivity contribution >= 4 is 5.82 Å². The summed E-state index contributed by atoms with van der Waals surface area (Å²) in [6, 6.07) is 3.83. The smallest absolute Gasteiger partial charge is 0.168 e. The van der Waals surface area contributed by atoms with Crippen molar-refractivity contribution in [1.82, 2.24) is 4.98 Å². The van der Waals surface area contributed by atoms with Crippen LogP contribution in [0.25, 0.3) is 0 Å². The van der Waals surface area contributed by atoms with Crippen LogP contribution in [-0.4, -0.2) is 18.6 Å². The van der Waals surface area contributed by atoms with Gasteiger partial charge in [-0.2, -0.15) is 0 Å². The molecule has 0 amide bonds. The van der Waals surface area contributed by atoms with Crippen LogP contribution in [0.5, 0.6) is 5.75 Å². The Kier molecular flexibility index (Phi) is 4.03. The lowest BCUT2D eigenvalue weighted by Gasteiger charge is -2.12. The Hall–Kier alpha value is -1.25. The fourth-order valence-corrected chi connectivity index (χ4v) is 2.38. The molecule has 0 saturated heterocycles. The molecule has 88 valence electrons. The molecule has 3 heteroatoms. The number of methoxy groups -OCH3 is 1. The van der Waals surface area contributed by atoms with Crippen molar-refractivity contribution in [3.63, 3.8) is 0 Å². The van der Waals surface area contributed by atoms with Gasteiger partial charge in [-0.05, 0) is 24.5 Å². The van der Waals surface area contributed by atoms with Crippen LogP contribution in [0.15, 0.2) is 18.3 Å². The molecule has 1 aliphatic rings. The Balaban J connectivity index is 1.79. The van der Waals surface area contributed by atoms with E-state index < -0.39 is 0 Å². The van der Waals surface area contributed by atoms with E-state index in [0.29, 0.717) is 0 Å². The highest BCUT2D eigenvalue weighted by Gasteiger charge is 2.14. The zero-order valence-electron chi connectivity index (χ0n) is 9.91. The quantitative estimate of drug-likeness (QED) is 0.828. The van der Waals surface area contributed by atoms with Crippen molar-refractivity contribution in [2.75, 3.05) is 19.0 Å². The van der Waals surface area contributed by atoms with Crippen molar-refractivity contribution < 1.29 is 4.74 Å². The first kappa shape index (κ1) is 11.2. The van der Waals surface area contributed by atoms with E-state index in [9.17, 15) is 0 Å². The molecule has 1 fully saturated rings. The van der Waals surface area contributed by atoms with Gasteiger partial charge in [-0.3, -0.25) is 0 Å². The van der Waals surface area contributed by atoms with Crippen molar-refractivity contribution in [3.05, 3.63) is 18.3 Å². The summed E-state index contributed by atoms with van der Waals surface area (Å²) in [6.07, 6.45) is 8.68. The zero-order valence-corrected chi connectivity index (χ0v) is 9.91. The minimum absolute atomic E-state index is 0.828.